The lowest BCUT2D eigenvalue weighted by Crippen LogP contribution is -2.09. The minimum Gasteiger partial charge on any atom is -0.478 e. The topological polar surface area (TPSA) is 142 Å². The molecule has 58 heavy (non-hydrogen) atoms. The van der Waals surface area contributed by atoms with Gasteiger partial charge in [0.25, 0.3) is 0 Å². The summed E-state index contributed by atoms with van der Waals surface area (Å²) in [6, 6.07) is 39.7. The van der Waals surface area contributed by atoms with Crippen LogP contribution in [0.15, 0.2) is 158 Å². The molecule has 0 spiro atoms. The number of nitrogens with two attached hydrogens (primary N) is 1. The third kappa shape index (κ3) is 10.6. The van der Waals surface area contributed by atoms with E-state index in [1.165, 1.54) is 36.4 Å². The normalized spacial score (nSPS) is 10.3. The van der Waals surface area contributed by atoms with Crippen molar-refractivity contribution in [3.05, 3.63) is 196 Å². The van der Waals surface area contributed by atoms with Crippen LogP contribution in [-0.2, 0) is 6.42 Å². The lowest BCUT2D eigenvalue weighted by atomic mass is 10.1. The van der Waals surface area contributed by atoms with Gasteiger partial charge >= 0.3 is 5.97 Å². The largest absolute Gasteiger partial charge is 0.478 e. The number of ketones is 1. The van der Waals surface area contributed by atoms with Crippen LogP contribution in [0.1, 0.15) is 33.8 Å². The number of pyridine rings is 2. The first-order valence-corrected chi connectivity index (χ1v) is 17.9. The standard InChI is InChI=1S/C22H15ClFN3O.C14H11ClN4.C7H5FO2.CH4/c23-18-5-1-2-7-21(18)27-17(13-20(26-27)19-6-3-4-12-25-19)14-22(28)15-8-10-16(24)11-9-15;15-10-5-1-2-7-13(10)19-14(16)9-12(18-19)11-6-3-4-8-17-11;8-6-3-1-5(2-4-6)7(9)10;/h1-13H,14H2;1-9H,16H2;1-4H,(H,9,10);1H4. The molecule has 0 atom stereocenters. The van der Waals surface area contributed by atoms with Crippen LogP contribution in [0.3, 0.4) is 0 Å². The van der Waals surface area contributed by atoms with E-state index in [1.807, 2.05) is 78.9 Å². The van der Waals surface area contributed by atoms with Crippen molar-refractivity contribution in [1.29, 1.82) is 0 Å². The van der Waals surface area contributed by atoms with Crippen molar-refractivity contribution in [2.24, 2.45) is 0 Å². The number of aromatic nitrogens is 6. The Morgan fingerprint density at radius 1 is 0.586 bits per heavy atom. The van der Waals surface area contributed by atoms with Gasteiger partial charge in [0.2, 0.25) is 0 Å². The molecule has 0 saturated heterocycles. The minimum atomic E-state index is -1.04. The quantitative estimate of drug-likeness (QED) is 0.144. The number of Topliss-reactive ketones (excluding diaryl/α,β-unsaturated/α-hetero) is 1. The second-order valence-corrected chi connectivity index (χ2v) is 12.9. The van der Waals surface area contributed by atoms with Crippen molar-refractivity contribution in [2.45, 2.75) is 13.8 Å². The highest BCUT2D eigenvalue weighted by Crippen LogP contribution is 2.27. The zero-order chi connectivity index (χ0) is 40.3. The predicted octanol–water partition coefficient (Wildman–Crippen LogP) is 10.5. The molecule has 0 radical (unpaired) electrons. The molecule has 14 heteroatoms. The number of nitrogen functional groups attached to an aromatic ring is 1. The van der Waals surface area contributed by atoms with Gasteiger partial charge in [-0.2, -0.15) is 10.2 Å². The number of anilines is 1. The van der Waals surface area contributed by atoms with E-state index in [9.17, 15) is 18.4 Å². The van der Waals surface area contributed by atoms with E-state index < -0.39 is 11.8 Å². The summed E-state index contributed by atoms with van der Waals surface area (Å²) < 4.78 is 28.6. The van der Waals surface area contributed by atoms with E-state index >= 15 is 0 Å². The Hall–Kier alpha value is -7.02. The van der Waals surface area contributed by atoms with Gasteiger partial charge < -0.3 is 10.8 Å². The number of hydrogen-bond acceptors (Lipinski definition) is 7. The maximum absolute atomic E-state index is 13.2. The van der Waals surface area contributed by atoms with Gasteiger partial charge in [-0.1, -0.05) is 67.0 Å². The van der Waals surface area contributed by atoms with Crippen molar-refractivity contribution in [2.75, 3.05) is 5.73 Å². The Labute approximate surface area is 342 Å². The number of carboxylic acid groups (broad SMARTS) is 1. The first-order chi connectivity index (χ1) is 27.6. The number of carbonyl (C=O) groups is 2. The van der Waals surface area contributed by atoms with E-state index in [0.717, 1.165) is 29.2 Å². The molecule has 0 bridgehead atoms. The second kappa shape index (κ2) is 19.7. The van der Waals surface area contributed by atoms with Crippen LogP contribution >= 0.6 is 23.2 Å². The average molecular weight is 819 g/mol. The second-order valence-electron chi connectivity index (χ2n) is 12.1. The number of aromatic carboxylic acids is 1. The van der Waals surface area contributed by atoms with Crippen molar-refractivity contribution in [3.63, 3.8) is 0 Å². The van der Waals surface area contributed by atoms with Gasteiger partial charge in [-0.05, 0) is 103 Å². The summed E-state index contributed by atoms with van der Waals surface area (Å²) in [5.41, 5.74) is 11.5. The van der Waals surface area contributed by atoms with Crippen molar-refractivity contribution in [1.82, 2.24) is 29.5 Å². The van der Waals surface area contributed by atoms with Crippen LogP contribution in [0.2, 0.25) is 10.0 Å². The molecule has 4 aromatic carbocycles. The van der Waals surface area contributed by atoms with Gasteiger partial charge in [0.15, 0.2) is 5.78 Å². The zero-order valence-electron chi connectivity index (χ0n) is 29.8. The number of benzene rings is 4. The molecule has 0 amide bonds. The summed E-state index contributed by atoms with van der Waals surface area (Å²) in [6.07, 6.45) is 3.50. The number of carboxylic acids is 1. The number of hydrogen-bond donors (Lipinski definition) is 2. The number of carbonyl (C=O) groups excluding carboxylic acids is 1. The minimum absolute atomic E-state index is 0. The first-order valence-electron chi connectivity index (χ1n) is 17.1. The molecule has 4 aromatic heterocycles. The predicted molar refractivity (Wildman–Crippen MR) is 223 cm³/mol. The molecule has 0 aliphatic rings. The molecular formula is C44H35Cl2F2N7O3. The number of rotatable bonds is 8. The van der Waals surface area contributed by atoms with Crippen LogP contribution in [-0.4, -0.2) is 46.4 Å². The summed E-state index contributed by atoms with van der Waals surface area (Å²) in [5, 5.41) is 18.6. The summed E-state index contributed by atoms with van der Waals surface area (Å²) in [6.45, 7) is 0. The Bertz CT molecular complexity index is 2600. The van der Waals surface area contributed by atoms with Gasteiger partial charge in [-0.3, -0.25) is 14.8 Å². The molecule has 0 saturated carbocycles. The van der Waals surface area contributed by atoms with E-state index in [2.05, 4.69) is 20.2 Å². The van der Waals surface area contributed by atoms with Crippen LogP contribution in [0.5, 0.6) is 0 Å². The van der Waals surface area contributed by atoms with Crippen LogP contribution in [0.25, 0.3) is 34.2 Å². The van der Waals surface area contributed by atoms with E-state index in [4.69, 9.17) is 34.0 Å². The lowest BCUT2D eigenvalue weighted by Gasteiger charge is -2.09. The number of para-hydroxylation sites is 2. The van der Waals surface area contributed by atoms with Crippen LogP contribution in [0, 0.1) is 11.6 Å². The molecule has 8 rings (SSSR count). The van der Waals surface area contributed by atoms with Crippen LogP contribution < -0.4 is 5.73 Å². The molecular weight excluding hydrogens is 783 g/mol. The highest BCUT2D eigenvalue weighted by Gasteiger charge is 2.18. The van der Waals surface area contributed by atoms with Crippen molar-refractivity contribution >= 4 is 40.8 Å². The van der Waals surface area contributed by atoms with E-state index in [-0.39, 0.29) is 31.0 Å². The summed E-state index contributed by atoms with van der Waals surface area (Å²) in [7, 11) is 0. The van der Waals surface area contributed by atoms with E-state index in [1.54, 1.807) is 40.0 Å². The van der Waals surface area contributed by atoms with Gasteiger partial charge in [0.05, 0.1) is 50.5 Å². The Balaban J connectivity index is 0.000000184. The number of halogens is 4. The third-order valence-electron chi connectivity index (χ3n) is 8.13. The molecule has 292 valence electrons. The molecule has 3 N–H and O–H groups in total. The smallest absolute Gasteiger partial charge is 0.335 e. The van der Waals surface area contributed by atoms with Crippen LogP contribution in [0.4, 0.5) is 14.6 Å². The molecule has 4 heterocycles. The van der Waals surface area contributed by atoms with Gasteiger partial charge in [-0.25, -0.2) is 22.9 Å². The maximum Gasteiger partial charge on any atom is 0.335 e. The molecule has 0 unspecified atom stereocenters. The highest BCUT2D eigenvalue weighted by atomic mass is 35.5. The number of nitrogens with zero attached hydrogens (tertiary/aromatic N) is 6. The van der Waals surface area contributed by atoms with Gasteiger partial charge in [0, 0.05) is 24.0 Å². The average Bonchev–Trinajstić information content (AvgIpc) is 3.83. The zero-order valence-corrected chi connectivity index (χ0v) is 31.3. The SMILES string of the molecule is C.Nc1cc(-c2ccccn2)nn1-c1ccccc1Cl.O=C(Cc1cc(-c2ccccn2)nn1-c1ccccc1Cl)c1ccc(F)cc1.O=C(O)c1ccc(F)cc1. The fourth-order valence-corrected chi connectivity index (χ4v) is 5.80. The van der Waals surface area contributed by atoms with Crippen molar-refractivity contribution < 1.29 is 23.5 Å². The van der Waals surface area contributed by atoms with E-state index in [0.29, 0.717) is 44.2 Å². The molecule has 0 aliphatic heterocycles. The molecule has 0 aliphatic carbocycles. The van der Waals surface area contributed by atoms with Crippen molar-refractivity contribution in [3.8, 4) is 34.2 Å². The summed E-state index contributed by atoms with van der Waals surface area (Å²) in [4.78, 5) is 31.5. The van der Waals surface area contributed by atoms with Gasteiger partial charge in [-0.15, -0.1) is 0 Å². The Morgan fingerprint density at radius 3 is 1.52 bits per heavy atom. The summed E-state index contributed by atoms with van der Waals surface area (Å²) >= 11 is 12.5. The monoisotopic (exact) mass is 817 g/mol. The first kappa shape index (κ1) is 42.1. The maximum atomic E-state index is 13.2. The fraction of sp³-hybridized carbons (Fsp3) is 0.0455. The summed E-state index contributed by atoms with van der Waals surface area (Å²) in [5.74, 6) is -1.46. The van der Waals surface area contributed by atoms with Gasteiger partial charge in [0.1, 0.15) is 28.8 Å². The molecule has 10 nitrogen and oxygen atoms in total. The fourth-order valence-electron chi connectivity index (χ4n) is 5.36. The molecule has 0 fully saturated rings. The third-order valence-corrected chi connectivity index (χ3v) is 8.77. The Kier molecular flexibility index (Phi) is 14.3. The Morgan fingerprint density at radius 2 is 1.03 bits per heavy atom. The lowest BCUT2D eigenvalue weighted by molar-refractivity contribution is 0.0696. The molecule has 8 aromatic rings. The highest BCUT2D eigenvalue weighted by molar-refractivity contribution is 6.32.